The molecule has 1 unspecified atom stereocenters. The average molecular weight is 294 g/mol. The van der Waals surface area contributed by atoms with Gasteiger partial charge in [-0.3, -0.25) is 0 Å². The van der Waals surface area contributed by atoms with Crippen LogP contribution < -0.4 is 4.74 Å². The maximum absolute atomic E-state index is 10.6. The fourth-order valence-electron chi connectivity index (χ4n) is 1.07. The third kappa shape index (κ3) is 3.11. The summed E-state index contributed by atoms with van der Waals surface area (Å²) < 4.78 is 6.07. The van der Waals surface area contributed by atoms with E-state index in [1.165, 1.54) is 6.92 Å². The van der Waals surface area contributed by atoms with Gasteiger partial charge in [0.05, 0.1) is 5.02 Å². The summed E-state index contributed by atoms with van der Waals surface area (Å²) in [4.78, 5) is 10.6. The molecule has 0 aliphatic heterocycles. The Hall–Kier alpha value is -0.740. The molecule has 0 saturated carbocycles. The summed E-state index contributed by atoms with van der Waals surface area (Å²) in [5.41, 5.74) is 0.794. The number of aryl methyl sites for hydroxylation is 1. The van der Waals surface area contributed by atoms with Crippen molar-refractivity contribution >= 4 is 33.5 Å². The van der Waals surface area contributed by atoms with E-state index < -0.39 is 12.1 Å². The van der Waals surface area contributed by atoms with Gasteiger partial charge >= 0.3 is 5.97 Å². The van der Waals surface area contributed by atoms with Crippen molar-refractivity contribution in [3.8, 4) is 5.75 Å². The van der Waals surface area contributed by atoms with Crippen LogP contribution in [0.15, 0.2) is 16.6 Å². The topological polar surface area (TPSA) is 46.5 Å². The maximum Gasteiger partial charge on any atom is 0.344 e. The Morgan fingerprint density at radius 3 is 2.67 bits per heavy atom. The Kier molecular flexibility index (Phi) is 3.99. The van der Waals surface area contributed by atoms with Crippen molar-refractivity contribution in [1.82, 2.24) is 0 Å². The van der Waals surface area contributed by atoms with Crippen molar-refractivity contribution in [2.45, 2.75) is 20.0 Å². The van der Waals surface area contributed by atoms with Crippen LogP contribution in [0.3, 0.4) is 0 Å². The van der Waals surface area contributed by atoms with E-state index in [-0.39, 0.29) is 0 Å². The Balaban J connectivity index is 3.00. The first kappa shape index (κ1) is 12.3. The summed E-state index contributed by atoms with van der Waals surface area (Å²) in [6, 6.07) is 3.48. The molecule has 3 nitrogen and oxygen atoms in total. The summed E-state index contributed by atoms with van der Waals surface area (Å²) in [5, 5.41) is 9.10. The van der Waals surface area contributed by atoms with Gasteiger partial charge in [0.25, 0.3) is 0 Å². The number of carboxylic acids is 1. The highest BCUT2D eigenvalue weighted by Gasteiger charge is 2.16. The molecule has 0 aliphatic rings. The second-order valence-electron chi connectivity index (χ2n) is 3.13. The van der Waals surface area contributed by atoms with E-state index >= 15 is 0 Å². The molecular weight excluding hydrogens is 283 g/mol. The lowest BCUT2D eigenvalue weighted by Crippen LogP contribution is -2.23. The molecule has 0 radical (unpaired) electrons. The van der Waals surface area contributed by atoms with Gasteiger partial charge in [-0.1, -0.05) is 27.5 Å². The first-order valence-corrected chi connectivity index (χ1v) is 5.44. The molecule has 0 amide bonds. The number of ether oxygens (including phenoxy) is 1. The summed E-state index contributed by atoms with van der Waals surface area (Å²) in [5.74, 6) is -0.608. The molecule has 0 fully saturated rings. The first-order chi connectivity index (χ1) is 6.91. The van der Waals surface area contributed by atoms with Crippen molar-refractivity contribution in [3.05, 3.63) is 27.2 Å². The monoisotopic (exact) mass is 292 g/mol. The number of carbonyl (C=O) groups is 1. The summed E-state index contributed by atoms with van der Waals surface area (Å²) in [6.45, 7) is 3.26. The molecule has 1 N–H and O–H groups in total. The van der Waals surface area contributed by atoms with Gasteiger partial charge in [0.15, 0.2) is 6.10 Å². The van der Waals surface area contributed by atoms with E-state index in [4.69, 9.17) is 21.4 Å². The van der Waals surface area contributed by atoms with E-state index in [1.807, 2.05) is 6.07 Å². The van der Waals surface area contributed by atoms with Crippen LogP contribution in [0.2, 0.25) is 5.02 Å². The van der Waals surface area contributed by atoms with Gasteiger partial charge in [-0.25, -0.2) is 4.79 Å². The molecule has 0 aliphatic carbocycles. The fraction of sp³-hybridized carbons (Fsp3) is 0.300. The molecule has 1 aromatic rings. The van der Waals surface area contributed by atoms with Crippen LogP contribution in [0.25, 0.3) is 0 Å². The minimum absolute atomic E-state index is 0.398. The number of halogens is 2. The van der Waals surface area contributed by atoms with Gasteiger partial charge in [0.1, 0.15) is 5.75 Å². The summed E-state index contributed by atoms with van der Waals surface area (Å²) in [6.07, 6.45) is -0.914. The molecule has 1 atom stereocenters. The maximum atomic E-state index is 10.6. The smallest absolute Gasteiger partial charge is 0.344 e. The Morgan fingerprint density at radius 1 is 1.60 bits per heavy atom. The Labute approximate surface area is 101 Å². The SMILES string of the molecule is Cc1cc(Br)cc(Cl)c1OC(C)C(=O)O. The molecule has 0 heterocycles. The van der Waals surface area contributed by atoms with Gasteiger partial charge in [0.2, 0.25) is 0 Å². The van der Waals surface area contributed by atoms with Gasteiger partial charge in [-0.15, -0.1) is 0 Å². The lowest BCUT2D eigenvalue weighted by atomic mass is 10.2. The zero-order valence-electron chi connectivity index (χ0n) is 8.25. The second kappa shape index (κ2) is 4.86. The summed E-state index contributed by atoms with van der Waals surface area (Å²) >= 11 is 9.22. The summed E-state index contributed by atoms with van der Waals surface area (Å²) in [7, 11) is 0. The fourth-order valence-corrected chi connectivity index (χ4v) is 2.08. The lowest BCUT2D eigenvalue weighted by molar-refractivity contribution is -0.144. The third-order valence-electron chi connectivity index (χ3n) is 1.84. The van der Waals surface area contributed by atoms with Crippen LogP contribution in [0.4, 0.5) is 0 Å². The van der Waals surface area contributed by atoms with Crippen LogP contribution in [0.5, 0.6) is 5.75 Å². The molecule has 0 bridgehead atoms. The number of rotatable bonds is 3. The van der Waals surface area contributed by atoms with E-state index in [0.29, 0.717) is 10.8 Å². The first-order valence-electron chi connectivity index (χ1n) is 4.27. The molecular formula is C10H10BrClO3. The third-order valence-corrected chi connectivity index (χ3v) is 2.58. The quantitative estimate of drug-likeness (QED) is 0.930. The number of hydrogen-bond acceptors (Lipinski definition) is 2. The van der Waals surface area contributed by atoms with Crippen LogP contribution >= 0.6 is 27.5 Å². The molecule has 1 rings (SSSR count). The molecule has 1 aromatic carbocycles. The average Bonchev–Trinajstić information content (AvgIpc) is 2.10. The van der Waals surface area contributed by atoms with Crippen molar-refractivity contribution in [2.24, 2.45) is 0 Å². The van der Waals surface area contributed by atoms with E-state index in [1.54, 1.807) is 13.0 Å². The van der Waals surface area contributed by atoms with Crippen LogP contribution in [0, 0.1) is 6.92 Å². The van der Waals surface area contributed by atoms with Crippen LogP contribution in [0.1, 0.15) is 12.5 Å². The molecule has 15 heavy (non-hydrogen) atoms. The number of carboxylic acid groups (broad SMARTS) is 1. The second-order valence-corrected chi connectivity index (χ2v) is 4.45. The Morgan fingerprint density at radius 2 is 2.20 bits per heavy atom. The van der Waals surface area contributed by atoms with Gasteiger partial charge in [-0.05, 0) is 31.5 Å². The van der Waals surface area contributed by atoms with Crippen molar-refractivity contribution in [2.75, 3.05) is 0 Å². The molecule has 0 aromatic heterocycles. The normalized spacial score (nSPS) is 12.3. The van der Waals surface area contributed by atoms with Crippen molar-refractivity contribution in [1.29, 1.82) is 0 Å². The van der Waals surface area contributed by atoms with Crippen LogP contribution in [-0.4, -0.2) is 17.2 Å². The van der Waals surface area contributed by atoms with Crippen molar-refractivity contribution in [3.63, 3.8) is 0 Å². The van der Waals surface area contributed by atoms with Gasteiger partial charge < -0.3 is 9.84 Å². The Bertz CT molecular complexity index is 369. The largest absolute Gasteiger partial charge is 0.479 e. The highest BCUT2D eigenvalue weighted by Crippen LogP contribution is 2.32. The lowest BCUT2D eigenvalue weighted by Gasteiger charge is -2.14. The minimum atomic E-state index is -1.02. The number of benzene rings is 1. The van der Waals surface area contributed by atoms with Crippen LogP contribution in [-0.2, 0) is 4.79 Å². The van der Waals surface area contributed by atoms with Gasteiger partial charge in [-0.2, -0.15) is 0 Å². The van der Waals surface area contributed by atoms with Crippen molar-refractivity contribution < 1.29 is 14.6 Å². The zero-order chi connectivity index (χ0) is 11.6. The van der Waals surface area contributed by atoms with E-state index in [0.717, 1.165) is 10.0 Å². The highest BCUT2D eigenvalue weighted by atomic mass is 79.9. The van der Waals surface area contributed by atoms with E-state index in [2.05, 4.69) is 15.9 Å². The predicted octanol–water partition coefficient (Wildman–Crippen LogP) is 3.26. The zero-order valence-corrected chi connectivity index (χ0v) is 10.6. The standard InChI is InChI=1S/C10H10BrClO3/c1-5-3-7(11)4-8(12)9(5)15-6(2)10(13)14/h3-4,6H,1-2H3,(H,13,14). The van der Waals surface area contributed by atoms with Gasteiger partial charge in [0, 0.05) is 4.47 Å². The molecule has 0 saturated heterocycles. The number of hydrogen-bond donors (Lipinski definition) is 1. The molecule has 82 valence electrons. The highest BCUT2D eigenvalue weighted by molar-refractivity contribution is 9.10. The molecule has 5 heteroatoms. The number of aliphatic carboxylic acids is 1. The van der Waals surface area contributed by atoms with E-state index in [9.17, 15) is 4.79 Å². The predicted molar refractivity (Wildman–Crippen MR) is 61.6 cm³/mol. The molecule has 0 spiro atoms. The minimum Gasteiger partial charge on any atom is -0.479 e.